The van der Waals surface area contributed by atoms with E-state index >= 15 is 0 Å². The predicted octanol–water partition coefficient (Wildman–Crippen LogP) is 10.2. The van der Waals surface area contributed by atoms with Crippen LogP contribution in [0.5, 0.6) is 0 Å². The summed E-state index contributed by atoms with van der Waals surface area (Å²) in [5.41, 5.74) is 5.04. The van der Waals surface area contributed by atoms with Gasteiger partial charge in [-0.2, -0.15) is 17.6 Å². The second kappa shape index (κ2) is 18.0. The van der Waals surface area contributed by atoms with Crippen molar-refractivity contribution < 1.29 is 17.6 Å². The number of allylic oxidation sites excluding steroid dienone is 10. The van der Waals surface area contributed by atoms with Crippen molar-refractivity contribution in [3.05, 3.63) is 70.9 Å². The van der Waals surface area contributed by atoms with Crippen LogP contribution in [0.3, 0.4) is 0 Å². The lowest BCUT2D eigenvalue weighted by Crippen LogP contribution is -1.82. The van der Waals surface area contributed by atoms with E-state index in [1.54, 1.807) is 0 Å². The maximum Gasteiger partial charge on any atom is 0.266 e. The minimum absolute atomic E-state index is 0.400. The van der Waals surface area contributed by atoms with Gasteiger partial charge >= 0.3 is 0 Å². The lowest BCUT2D eigenvalue weighted by molar-refractivity contribution is 0.416. The summed E-state index contributed by atoms with van der Waals surface area (Å²) in [4.78, 5) is 0. The monoisotopic (exact) mass is 426 g/mol. The fourth-order valence-corrected chi connectivity index (χ4v) is 2.98. The number of rotatable bonds is 15. The topological polar surface area (TPSA) is 0 Å². The molecule has 0 bridgehead atoms. The van der Waals surface area contributed by atoms with E-state index in [0.29, 0.717) is 25.7 Å². The van der Waals surface area contributed by atoms with Gasteiger partial charge in [-0.1, -0.05) is 46.6 Å². The summed E-state index contributed by atoms with van der Waals surface area (Å²) in [5, 5.41) is 0. The molecule has 0 spiro atoms. The molecule has 30 heavy (non-hydrogen) atoms. The number of hydrogen-bond donors (Lipinski definition) is 0. The molecule has 0 rings (SSSR count). The van der Waals surface area contributed by atoms with E-state index in [4.69, 9.17) is 0 Å². The average Bonchev–Trinajstić information content (AvgIpc) is 2.64. The molecule has 0 aliphatic heterocycles. The quantitative estimate of drug-likeness (QED) is 0.139. The average molecular weight is 427 g/mol. The van der Waals surface area contributed by atoms with Crippen LogP contribution in [0.4, 0.5) is 17.6 Å². The molecule has 0 nitrogen and oxygen atoms in total. The van der Waals surface area contributed by atoms with Crippen LogP contribution in [0.1, 0.15) is 91.9 Å². The molecular formula is C26H38F4. The first kappa shape index (κ1) is 28.2. The van der Waals surface area contributed by atoms with Gasteiger partial charge in [0.1, 0.15) is 0 Å². The molecule has 0 aromatic rings. The van der Waals surface area contributed by atoms with Crippen molar-refractivity contribution in [1.82, 2.24) is 0 Å². The molecule has 0 atom stereocenters. The van der Waals surface area contributed by atoms with E-state index in [9.17, 15) is 17.6 Å². The molecule has 0 aromatic heterocycles. The number of halogens is 4. The molecule has 0 heterocycles. The second-order valence-corrected chi connectivity index (χ2v) is 7.92. The molecule has 0 unspecified atom stereocenters. The first-order valence-corrected chi connectivity index (χ1v) is 10.9. The smallest absolute Gasteiger partial charge is 0.174 e. The zero-order valence-electron chi connectivity index (χ0n) is 19.0. The third kappa shape index (κ3) is 19.5. The van der Waals surface area contributed by atoms with Crippen LogP contribution in [0, 0.1) is 0 Å². The minimum Gasteiger partial charge on any atom is -0.174 e. The lowest BCUT2D eigenvalue weighted by Gasteiger charge is -2.02. The van der Waals surface area contributed by atoms with Crippen LogP contribution in [-0.4, -0.2) is 0 Å². The minimum atomic E-state index is -1.60. The van der Waals surface area contributed by atoms with Crippen LogP contribution < -0.4 is 0 Å². The van der Waals surface area contributed by atoms with E-state index in [1.807, 2.05) is 13.8 Å². The number of unbranched alkanes of at least 4 members (excludes halogenated alkanes) is 1. The van der Waals surface area contributed by atoms with Crippen LogP contribution in [0.25, 0.3) is 0 Å². The molecule has 0 aliphatic rings. The van der Waals surface area contributed by atoms with E-state index in [2.05, 4.69) is 38.2 Å². The van der Waals surface area contributed by atoms with Gasteiger partial charge in [-0.05, 0) is 104 Å². The molecule has 0 saturated carbocycles. The van der Waals surface area contributed by atoms with E-state index in [1.165, 1.54) is 11.1 Å². The van der Waals surface area contributed by atoms with E-state index in [-0.39, 0.29) is 0 Å². The molecule has 0 aliphatic carbocycles. The van der Waals surface area contributed by atoms with Crippen molar-refractivity contribution in [1.29, 1.82) is 0 Å². The van der Waals surface area contributed by atoms with Crippen LogP contribution in [0.15, 0.2) is 70.9 Å². The molecule has 0 N–H and O–H groups in total. The van der Waals surface area contributed by atoms with Crippen molar-refractivity contribution in [2.75, 3.05) is 0 Å². The standard InChI is InChI=1S/C26H38F4/c1-21(13-7-15-23(3)17-9-19-25(27)28)11-5-6-12-22(2)14-8-16-24(4)18-10-20-26(29)30/h11-12,15-16,19-20H,5-10,13-14,17-18H2,1-4H3. The fourth-order valence-electron chi connectivity index (χ4n) is 2.98. The van der Waals surface area contributed by atoms with Crippen molar-refractivity contribution in [2.24, 2.45) is 0 Å². The summed E-state index contributed by atoms with van der Waals surface area (Å²) >= 11 is 0. The first-order chi connectivity index (χ1) is 14.2. The maximum atomic E-state index is 12.0. The highest BCUT2D eigenvalue weighted by atomic mass is 19.3. The Labute approximate surface area is 180 Å². The van der Waals surface area contributed by atoms with Crippen molar-refractivity contribution in [3.63, 3.8) is 0 Å². The largest absolute Gasteiger partial charge is 0.266 e. The van der Waals surface area contributed by atoms with Crippen molar-refractivity contribution >= 4 is 0 Å². The zero-order chi connectivity index (χ0) is 22.8. The molecule has 0 amide bonds. The zero-order valence-corrected chi connectivity index (χ0v) is 19.0. The first-order valence-electron chi connectivity index (χ1n) is 10.9. The van der Waals surface area contributed by atoms with Gasteiger partial charge in [0.15, 0.2) is 0 Å². The van der Waals surface area contributed by atoms with E-state index < -0.39 is 12.2 Å². The van der Waals surface area contributed by atoms with Gasteiger partial charge in [0.25, 0.3) is 12.2 Å². The Hall–Kier alpha value is -1.84. The maximum absolute atomic E-state index is 12.0. The second-order valence-electron chi connectivity index (χ2n) is 7.92. The van der Waals surface area contributed by atoms with Crippen LogP contribution in [-0.2, 0) is 0 Å². The highest BCUT2D eigenvalue weighted by Gasteiger charge is 1.95. The fraction of sp³-hybridized carbons (Fsp3) is 0.538. The summed E-state index contributed by atoms with van der Waals surface area (Å²) in [5.74, 6) is 0. The molecular weight excluding hydrogens is 388 g/mol. The van der Waals surface area contributed by atoms with Gasteiger partial charge in [0.2, 0.25) is 0 Å². The molecule has 0 saturated heterocycles. The summed E-state index contributed by atoms with van der Waals surface area (Å²) < 4.78 is 48.0. The van der Waals surface area contributed by atoms with Crippen molar-refractivity contribution in [2.45, 2.75) is 91.9 Å². The highest BCUT2D eigenvalue weighted by molar-refractivity contribution is 5.07. The summed E-state index contributed by atoms with van der Waals surface area (Å²) in [6.45, 7) is 8.26. The molecule has 4 heteroatoms. The molecule has 0 radical (unpaired) electrons. The normalized spacial score (nSPS) is 13.5. The summed E-state index contributed by atoms with van der Waals surface area (Å²) in [7, 11) is 0. The predicted molar refractivity (Wildman–Crippen MR) is 122 cm³/mol. The number of hydrogen-bond acceptors (Lipinski definition) is 0. The Morgan fingerprint density at radius 3 is 0.900 bits per heavy atom. The molecule has 0 aromatic carbocycles. The Bertz CT molecular complexity index is 595. The Morgan fingerprint density at radius 2 is 0.633 bits per heavy atom. The third-order valence-electron chi connectivity index (χ3n) is 4.89. The Balaban J connectivity index is 4.05. The molecule has 170 valence electrons. The summed E-state index contributed by atoms with van der Waals surface area (Å²) in [6, 6.07) is 0. The Kier molecular flexibility index (Phi) is 16.9. The van der Waals surface area contributed by atoms with Gasteiger partial charge in [-0.3, -0.25) is 0 Å². The van der Waals surface area contributed by atoms with Gasteiger partial charge in [0, 0.05) is 0 Å². The highest BCUT2D eigenvalue weighted by Crippen LogP contribution is 2.15. The van der Waals surface area contributed by atoms with Gasteiger partial charge < -0.3 is 0 Å². The summed E-state index contributed by atoms with van der Waals surface area (Å²) in [6.07, 6.45) is 15.7. The van der Waals surface area contributed by atoms with Gasteiger partial charge in [-0.25, -0.2) is 0 Å². The van der Waals surface area contributed by atoms with Crippen molar-refractivity contribution in [3.8, 4) is 0 Å². The van der Waals surface area contributed by atoms with Gasteiger partial charge in [-0.15, -0.1) is 0 Å². The third-order valence-corrected chi connectivity index (χ3v) is 4.89. The van der Waals surface area contributed by atoms with E-state index in [0.717, 1.165) is 61.8 Å². The van der Waals surface area contributed by atoms with Crippen LogP contribution in [0.2, 0.25) is 0 Å². The molecule has 0 fully saturated rings. The lowest BCUT2D eigenvalue weighted by atomic mass is 10.0. The van der Waals surface area contributed by atoms with Crippen LogP contribution >= 0.6 is 0 Å². The SMILES string of the molecule is CC(=CCCC=C(C)CCC=C(C)CCC=C(F)F)CCC=C(C)CCC=C(F)F. The Morgan fingerprint density at radius 1 is 0.400 bits per heavy atom. The van der Waals surface area contributed by atoms with Gasteiger partial charge in [0.05, 0.1) is 0 Å².